The first-order valence-electron chi connectivity index (χ1n) is 7.99. The molecule has 0 saturated carbocycles. The zero-order valence-corrected chi connectivity index (χ0v) is 15.1. The van der Waals surface area contributed by atoms with Gasteiger partial charge in [-0.3, -0.25) is 0 Å². The number of hydrogen-bond acceptors (Lipinski definition) is 4. The zero-order chi connectivity index (χ0) is 19.3. The molecule has 142 valence electrons. The number of halogens is 3. The molecule has 0 amide bonds. The highest BCUT2D eigenvalue weighted by Gasteiger charge is 2.64. The van der Waals surface area contributed by atoms with Crippen LogP contribution in [0.1, 0.15) is 26.3 Å². The fraction of sp³-hybridized carbons (Fsp3) is 0.611. The molecule has 0 unspecified atom stereocenters. The van der Waals surface area contributed by atoms with Crippen LogP contribution in [0.2, 0.25) is 0 Å². The lowest BCUT2D eigenvalue weighted by Gasteiger charge is -2.33. The number of methoxy groups -OCH3 is 2. The van der Waals surface area contributed by atoms with Gasteiger partial charge in [-0.25, -0.2) is 4.79 Å². The van der Waals surface area contributed by atoms with Crippen LogP contribution < -0.4 is 0 Å². The van der Waals surface area contributed by atoms with Crippen LogP contribution in [-0.4, -0.2) is 39.1 Å². The van der Waals surface area contributed by atoms with Gasteiger partial charge >= 0.3 is 12.1 Å². The molecule has 1 aromatic rings. The first-order valence-corrected chi connectivity index (χ1v) is 7.99. The average molecular weight is 362 g/mol. The summed E-state index contributed by atoms with van der Waals surface area (Å²) in [5.41, 5.74) is -3.48. The Kier molecular flexibility index (Phi) is 7.44. The van der Waals surface area contributed by atoms with E-state index < -0.39 is 17.7 Å². The van der Waals surface area contributed by atoms with E-state index in [2.05, 4.69) is 4.74 Å². The van der Waals surface area contributed by atoms with Gasteiger partial charge in [0.2, 0.25) is 0 Å². The second-order valence-electron chi connectivity index (χ2n) is 6.27. The summed E-state index contributed by atoms with van der Waals surface area (Å²) in [5, 5.41) is 0. The molecule has 0 fully saturated rings. The molecule has 0 spiro atoms. The molecule has 0 saturated heterocycles. The molecule has 7 heteroatoms. The molecule has 1 aromatic carbocycles. The lowest BCUT2D eigenvalue weighted by molar-refractivity contribution is -0.277. The second kappa shape index (κ2) is 8.67. The zero-order valence-electron chi connectivity index (χ0n) is 15.1. The number of esters is 1. The smallest absolute Gasteiger partial charge is 0.432 e. The maximum atomic E-state index is 13.7. The van der Waals surface area contributed by atoms with Crippen LogP contribution in [0, 0.1) is 11.8 Å². The summed E-state index contributed by atoms with van der Waals surface area (Å²) < 4.78 is 56.2. The normalized spacial score (nSPS) is 17.0. The van der Waals surface area contributed by atoms with Gasteiger partial charge in [-0.15, -0.1) is 0 Å². The van der Waals surface area contributed by atoms with Crippen LogP contribution in [0.25, 0.3) is 0 Å². The van der Waals surface area contributed by atoms with Crippen LogP contribution in [-0.2, 0) is 24.6 Å². The molecule has 3 atom stereocenters. The first-order chi connectivity index (χ1) is 11.6. The van der Waals surface area contributed by atoms with Crippen LogP contribution in [0.5, 0.6) is 0 Å². The van der Waals surface area contributed by atoms with Gasteiger partial charge in [0, 0.05) is 25.7 Å². The van der Waals surface area contributed by atoms with E-state index in [0.717, 1.165) is 7.11 Å². The van der Waals surface area contributed by atoms with E-state index in [4.69, 9.17) is 9.47 Å². The maximum Gasteiger partial charge on any atom is 0.432 e. The van der Waals surface area contributed by atoms with Gasteiger partial charge in [0.25, 0.3) is 5.60 Å². The number of hydrogen-bond donors (Lipinski definition) is 0. The van der Waals surface area contributed by atoms with Crippen molar-refractivity contribution in [2.45, 2.75) is 38.7 Å². The number of carbonyl (C=O) groups is 1. The Morgan fingerprint density at radius 3 is 2.04 bits per heavy atom. The van der Waals surface area contributed by atoms with E-state index >= 15 is 0 Å². The van der Waals surface area contributed by atoms with Crippen molar-refractivity contribution in [3.63, 3.8) is 0 Å². The molecule has 0 aromatic heterocycles. The van der Waals surface area contributed by atoms with Gasteiger partial charge in [-0.05, 0) is 5.92 Å². The van der Waals surface area contributed by atoms with Crippen molar-refractivity contribution in [3.8, 4) is 0 Å². The summed E-state index contributed by atoms with van der Waals surface area (Å²) in [7, 11) is 2.36. The molecule has 0 radical (unpaired) electrons. The summed E-state index contributed by atoms with van der Waals surface area (Å²) >= 11 is 0. The molecule has 0 aliphatic heterocycles. The van der Waals surface area contributed by atoms with Gasteiger partial charge in [0.05, 0.1) is 12.7 Å². The van der Waals surface area contributed by atoms with Gasteiger partial charge in [-0.2, -0.15) is 13.2 Å². The molecular formula is C18H25F3O4. The number of ether oxygens (including phenoxy) is 3. The number of carbonyl (C=O) groups excluding carboxylic acids is 1. The average Bonchev–Trinajstić information content (AvgIpc) is 2.54. The van der Waals surface area contributed by atoms with E-state index in [1.165, 1.54) is 31.4 Å². The summed E-state index contributed by atoms with van der Waals surface area (Å²) in [6, 6.07) is 6.75. The van der Waals surface area contributed by atoms with E-state index in [-0.39, 0.29) is 30.1 Å². The Hall–Kier alpha value is -1.60. The molecule has 4 nitrogen and oxygen atoms in total. The fourth-order valence-electron chi connectivity index (χ4n) is 2.95. The lowest BCUT2D eigenvalue weighted by Crippen LogP contribution is -2.52. The summed E-state index contributed by atoms with van der Waals surface area (Å²) in [6.45, 7) is 5.40. The minimum atomic E-state index is -4.97. The summed E-state index contributed by atoms with van der Waals surface area (Å²) in [5.74, 6) is -1.63. The van der Waals surface area contributed by atoms with Crippen LogP contribution in [0.3, 0.4) is 0 Å². The summed E-state index contributed by atoms with van der Waals surface area (Å²) in [6.07, 6.45) is -5.21. The molecule has 25 heavy (non-hydrogen) atoms. The predicted octanol–water partition coefficient (Wildman–Crippen LogP) is 3.94. The number of rotatable bonds is 8. The van der Waals surface area contributed by atoms with Crippen molar-refractivity contribution in [2.75, 3.05) is 20.8 Å². The Morgan fingerprint density at radius 2 is 1.64 bits per heavy atom. The minimum absolute atomic E-state index is 0.127. The first kappa shape index (κ1) is 21.4. The van der Waals surface area contributed by atoms with E-state index in [1.54, 1.807) is 13.0 Å². The number of benzene rings is 1. The molecule has 0 aliphatic carbocycles. The standard InChI is InChI=1S/C18H25F3O4/c1-12(2)15(23-4)13(3)11-25-16(22)17(24-5,18(19,20)21)14-9-7-6-8-10-14/h6-10,12-13,15H,11H2,1-5H3/t13-,15-,17-/m1/s1. The Balaban J connectivity index is 3.07. The maximum absolute atomic E-state index is 13.7. The van der Waals surface area contributed by atoms with Gasteiger partial charge in [-0.1, -0.05) is 51.1 Å². The SMILES string of the molecule is CO[C@H](C(C)C)[C@H](C)COC(=O)[C@](OC)(c1ccccc1)C(F)(F)F. The van der Waals surface area contributed by atoms with Crippen molar-refractivity contribution in [3.05, 3.63) is 35.9 Å². The van der Waals surface area contributed by atoms with E-state index in [1.807, 2.05) is 13.8 Å². The van der Waals surface area contributed by atoms with Crippen molar-refractivity contribution < 1.29 is 32.2 Å². The van der Waals surface area contributed by atoms with Crippen LogP contribution in [0.15, 0.2) is 30.3 Å². The van der Waals surface area contributed by atoms with Crippen molar-refractivity contribution in [1.82, 2.24) is 0 Å². The van der Waals surface area contributed by atoms with E-state index in [0.29, 0.717) is 0 Å². The topological polar surface area (TPSA) is 44.8 Å². The highest BCUT2D eigenvalue weighted by Crippen LogP contribution is 2.43. The fourth-order valence-corrected chi connectivity index (χ4v) is 2.95. The predicted molar refractivity (Wildman–Crippen MR) is 86.9 cm³/mol. The van der Waals surface area contributed by atoms with Gasteiger partial charge < -0.3 is 14.2 Å². The Morgan fingerprint density at radius 1 is 1.08 bits per heavy atom. The van der Waals surface area contributed by atoms with Crippen molar-refractivity contribution in [1.29, 1.82) is 0 Å². The van der Waals surface area contributed by atoms with Crippen LogP contribution in [0.4, 0.5) is 13.2 Å². The molecule has 0 aliphatic rings. The lowest BCUT2D eigenvalue weighted by atomic mass is 9.92. The molecule has 0 bridgehead atoms. The monoisotopic (exact) mass is 362 g/mol. The third kappa shape index (κ3) is 4.52. The van der Waals surface area contributed by atoms with Gasteiger partial charge in [0.1, 0.15) is 0 Å². The third-order valence-electron chi connectivity index (χ3n) is 4.14. The second-order valence-corrected chi connectivity index (χ2v) is 6.27. The van der Waals surface area contributed by atoms with E-state index in [9.17, 15) is 18.0 Å². The molecule has 1 rings (SSSR count). The van der Waals surface area contributed by atoms with Crippen LogP contribution >= 0.6 is 0 Å². The number of alkyl halides is 3. The van der Waals surface area contributed by atoms with Crippen molar-refractivity contribution >= 4 is 5.97 Å². The Bertz CT molecular complexity index is 545. The highest BCUT2D eigenvalue weighted by atomic mass is 19.4. The highest BCUT2D eigenvalue weighted by molar-refractivity contribution is 5.82. The molecule has 0 heterocycles. The quantitative estimate of drug-likeness (QED) is 0.657. The molecular weight excluding hydrogens is 337 g/mol. The largest absolute Gasteiger partial charge is 0.463 e. The van der Waals surface area contributed by atoms with Gasteiger partial charge in [0.15, 0.2) is 0 Å². The minimum Gasteiger partial charge on any atom is -0.463 e. The Labute approximate surface area is 146 Å². The third-order valence-corrected chi connectivity index (χ3v) is 4.14. The summed E-state index contributed by atoms with van der Waals surface area (Å²) in [4.78, 5) is 12.4. The molecule has 0 N–H and O–H groups in total. The van der Waals surface area contributed by atoms with Crippen molar-refractivity contribution in [2.24, 2.45) is 11.8 Å².